The summed E-state index contributed by atoms with van der Waals surface area (Å²) >= 11 is 2.96. The summed E-state index contributed by atoms with van der Waals surface area (Å²) in [6.45, 7) is 2.48. The Labute approximate surface area is 124 Å². The maximum atomic E-state index is 13.5. The average Bonchev–Trinajstić information content (AvgIpc) is 2.32. The van der Waals surface area contributed by atoms with Crippen molar-refractivity contribution < 1.29 is 27.1 Å². The molecule has 20 heavy (non-hydrogen) atoms. The zero-order chi connectivity index (χ0) is 15.3. The number of hydrogen-bond donors (Lipinski definition) is 1. The second kappa shape index (κ2) is 7.11. The molecule has 0 radical (unpaired) electrons. The van der Waals surface area contributed by atoms with E-state index in [1.54, 1.807) is 6.92 Å². The van der Waals surface area contributed by atoms with Crippen LogP contribution < -0.4 is 5.14 Å². The van der Waals surface area contributed by atoms with E-state index in [9.17, 15) is 17.6 Å². The highest BCUT2D eigenvalue weighted by molar-refractivity contribution is 9.10. The van der Waals surface area contributed by atoms with Gasteiger partial charge in [0.2, 0.25) is 10.0 Å². The number of esters is 1. The highest BCUT2D eigenvalue weighted by Crippen LogP contribution is 2.24. The van der Waals surface area contributed by atoms with Crippen molar-refractivity contribution in [2.45, 2.75) is 11.8 Å². The fourth-order valence-corrected chi connectivity index (χ4v) is 2.41. The molecule has 0 atom stereocenters. The van der Waals surface area contributed by atoms with Crippen molar-refractivity contribution in [1.82, 2.24) is 0 Å². The molecule has 1 aromatic carbocycles. The predicted octanol–water partition coefficient (Wildman–Crippen LogP) is 1.43. The summed E-state index contributed by atoms with van der Waals surface area (Å²) in [4.78, 5) is 11.0. The van der Waals surface area contributed by atoms with Crippen molar-refractivity contribution in [2.75, 3.05) is 19.8 Å². The summed E-state index contributed by atoms with van der Waals surface area (Å²) in [5.74, 6) is -1.85. The van der Waals surface area contributed by atoms with Crippen molar-refractivity contribution in [2.24, 2.45) is 5.14 Å². The van der Waals surface area contributed by atoms with Gasteiger partial charge in [-0.2, -0.15) is 0 Å². The number of rotatable bonds is 6. The van der Waals surface area contributed by atoms with Gasteiger partial charge < -0.3 is 9.47 Å². The molecule has 1 aromatic rings. The molecule has 9 heteroatoms. The van der Waals surface area contributed by atoms with Crippen molar-refractivity contribution in [3.8, 4) is 0 Å². The van der Waals surface area contributed by atoms with Crippen molar-refractivity contribution in [1.29, 1.82) is 0 Å². The molecular weight excluding hydrogens is 357 g/mol. The van der Waals surface area contributed by atoms with E-state index in [0.29, 0.717) is 6.61 Å². The summed E-state index contributed by atoms with van der Waals surface area (Å²) in [7, 11) is -4.26. The largest absolute Gasteiger partial charge is 0.460 e. The third-order valence-electron chi connectivity index (χ3n) is 2.21. The molecule has 6 nitrogen and oxygen atoms in total. The fourth-order valence-electron chi connectivity index (χ4n) is 1.32. The van der Waals surface area contributed by atoms with Crippen LogP contribution >= 0.6 is 15.9 Å². The molecule has 0 bridgehead atoms. The maximum Gasteiger partial charge on any atom is 0.339 e. The number of benzene rings is 1. The second-order valence-corrected chi connectivity index (χ2v) is 6.02. The monoisotopic (exact) mass is 369 g/mol. The molecule has 2 N–H and O–H groups in total. The molecule has 1 rings (SSSR count). The summed E-state index contributed by atoms with van der Waals surface area (Å²) in [5, 5.41) is 4.86. The first-order valence-electron chi connectivity index (χ1n) is 5.54. The van der Waals surface area contributed by atoms with Gasteiger partial charge in [-0.05, 0) is 35.0 Å². The Balaban J connectivity index is 2.98. The Bertz CT molecular complexity index is 605. The van der Waals surface area contributed by atoms with Crippen molar-refractivity contribution in [3.05, 3.63) is 28.0 Å². The number of carbonyl (C=O) groups is 1. The van der Waals surface area contributed by atoms with Gasteiger partial charge in [-0.3, -0.25) is 0 Å². The number of ether oxygens (including phenoxy) is 2. The van der Waals surface area contributed by atoms with Crippen LogP contribution in [0.25, 0.3) is 0 Å². The highest BCUT2D eigenvalue weighted by atomic mass is 79.9. The second-order valence-electron chi connectivity index (χ2n) is 3.64. The third-order valence-corrected chi connectivity index (χ3v) is 3.79. The van der Waals surface area contributed by atoms with E-state index in [1.807, 2.05) is 0 Å². The lowest BCUT2D eigenvalue weighted by Gasteiger charge is -2.08. The molecule has 112 valence electrons. The quantitative estimate of drug-likeness (QED) is 0.604. The molecule has 0 aliphatic carbocycles. The van der Waals surface area contributed by atoms with Gasteiger partial charge in [-0.25, -0.2) is 22.7 Å². The molecule has 0 saturated carbocycles. The Morgan fingerprint density at radius 2 is 2.05 bits per heavy atom. The lowest BCUT2D eigenvalue weighted by atomic mass is 10.2. The molecule has 0 aromatic heterocycles. The molecule has 0 spiro atoms. The minimum absolute atomic E-state index is 0.00119. The van der Waals surface area contributed by atoms with Crippen LogP contribution in [0.5, 0.6) is 0 Å². The van der Waals surface area contributed by atoms with E-state index in [-0.39, 0.29) is 23.2 Å². The molecule has 0 aliphatic rings. The van der Waals surface area contributed by atoms with Crippen LogP contribution in [0.4, 0.5) is 4.39 Å². The van der Waals surface area contributed by atoms with Gasteiger partial charge >= 0.3 is 5.97 Å². The van der Waals surface area contributed by atoms with E-state index < -0.39 is 26.7 Å². The lowest BCUT2D eigenvalue weighted by Crippen LogP contribution is -2.17. The van der Waals surface area contributed by atoms with E-state index in [1.165, 1.54) is 0 Å². The van der Waals surface area contributed by atoms with Gasteiger partial charge in [0.1, 0.15) is 17.3 Å². The third kappa shape index (κ3) is 4.51. The summed E-state index contributed by atoms with van der Waals surface area (Å²) in [6.07, 6.45) is 0. The zero-order valence-electron chi connectivity index (χ0n) is 10.6. The Morgan fingerprint density at radius 1 is 1.40 bits per heavy atom. The maximum absolute atomic E-state index is 13.5. The molecule has 0 unspecified atom stereocenters. The molecule has 0 amide bonds. The van der Waals surface area contributed by atoms with Crippen LogP contribution in [0.1, 0.15) is 17.3 Å². The topological polar surface area (TPSA) is 95.7 Å². The summed E-state index contributed by atoms with van der Waals surface area (Å²) in [5.41, 5.74) is -0.132. The summed E-state index contributed by atoms with van der Waals surface area (Å²) in [6, 6.07) is 1.68. The number of nitrogens with two attached hydrogens (primary N) is 1. The number of primary sulfonamides is 1. The van der Waals surface area contributed by atoms with E-state index in [2.05, 4.69) is 15.9 Å². The van der Waals surface area contributed by atoms with Gasteiger partial charge in [-0.15, -0.1) is 0 Å². The zero-order valence-corrected chi connectivity index (χ0v) is 13.0. The fraction of sp³-hybridized carbons (Fsp3) is 0.364. The minimum Gasteiger partial charge on any atom is -0.460 e. The van der Waals surface area contributed by atoms with Crippen LogP contribution in [0.3, 0.4) is 0 Å². The normalized spacial score (nSPS) is 11.4. The van der Waals surface area contributed by atoms with Gasteiger partial charge in [-0.1, -0.05) is 0 Å². The van der Waals surface area contributed by atoms with Crippen molar-refractivity contribution >= 4 is 31.9 Å². The average molecular weight is 370 g/mol. The van der Waals surface area contributed by atoms with Crippen LogP contribution in [-0.2, 0) is 19.5 Å². The van der Waals surface area contributed by atoms with Crippen molar-refractivity contribution in [3.63, 3.8) is 0 Å². The Hall–Kier alpha value is -1.03. The van der Waals surface area contributed by atoms with Gasteiger partial charge in [0.05, 0.1) is 12.2 Å². The molecule has 0 saturated heterocycles. The smallest absolute Gasteiger partial charge is 0.339 e. The first-order valence-corrected chi connectivity index (χ1v) is 7.88. The minimum atomic E-state index is -4.26. The molecule has 0 heterocycles. The molecular formula is C11H13BrFNO5S. The first kappa shape index (κ1) is 17.0. The Morgan fingerprint density at radius 3 is 2.60 bits per heavy atom. The molecule has 0 aliphatic heterocycles. The number of halogens is 2. The van der Waals surface area contributed by atoms with Gasteiger partial charge in [0, 0.05) is 11.1 Å². The summed E-state index contributed by atoms with van der Waals surface area (Å²) < 4.78 is 45.8. The van der Waals surface area contributed by atoms with Gasteiger partial charge in [0.25, 0.3) is 0 Å². The first-order chi connectivity index (χ1) is 9.27. The van der Waals surface area contributed by atoms with Crippen LogP contribution in [0, 0.1) is 5.82 Å². The lowest BCUT2D eigenvalue weighted by molar-refractivity contribution is 0.0334. The number of sulfonamides is 1. The predicted molar refractivity (Wildman–Crippen MR) is 72.2 cm³/mol. The van der Waals surface area contributed by atoms with Crippen LogP contribution in [-0.4, -0.2) is 34.2 Å². The SMILES string of the molecule is CCOCCOC(=O)c1cc(S(N)(=O)=O)c(F)cc1Br. The van der Waals surface area contributed by atoms with E-state index in [0.717, 1.165) is 12.1 Å². The van der Waals surface area contributed by atoms with Crippen LogP contribution in [0.2, 0.25) is 0 Å². The number of carbonyl (C=O) groups excluding carboxylic acids is 1. The van der Waals surface area contributed by atoms with E-state index >= 15 is 0 Å². The van der Waals surface area contributed by atoms with Crippen LogP contribution in [0.15, 0.2) is 21.5 Å². The number of hydrogen-bond acceptors (Lipinski definition) is 5. The van der Waals surface area contributed by atoms with E-state index in [4.69, 9.17) is 14.6 Å². The van der Waals surface area contributed by atoms with Gasteiger partial charge in [0.15, 0.2) is 0 Å². The highest BCUT2D eigenvalue weighted by Gasteiger charge is 2.21. The Kier molecular flexibility index (Phi) is 6.06. The molecule has 0 fully saturated rings. The standard InChI is InChI=1S/C11H13BrFNO5S/c1-2-18-3-4-19-11(15)7-5-10(20(14,16)17)9(13)6-8(7)12/h5-6H,2-4H2,1H3,(H2,14,16,17).